The van der Waals surface area contributed by atoms with Gasteiger partial charge in [-0.25, -0.2) is 8.42 Å². The van der Waals surface area contributed by atoms with E-state index in [1.807, 2.05) is 37.3 Å². The van der Waals surface area contributed by atoms with E-state index in [2.05, 4.69) is 4.72 Å². The van der Waals surface area contributed by atoms with Crippen LogP contribution < -0.4 is 9.62 Å². The topological polar surface area (TPSA) is 66.5 Å². The van der Waals surface area contributed by atoms with Crippen LogP contribution in [0.4, 0.5) is 11.4 Å². The molecule has 0 aliphatic heterocycles. The van der Waals surface area contributed by atoms with Crippen molar-refractivity contribution < 1.29 is 13.2 Å². The Morgan fingerprint density at radius 2 is 1.69 bits per heavy atom. The number of sulfonamides is 1. The summed E-state index contributed by atoms with van der Waals surface area (Å²) >= 11 is 1.15. The summed E-state index contributed by atoms with van der Waals surface area (Å²) in [6, 6.07) is 19.1. The Bertz CT molecular complexity index is 967. The van der Waals surface area contributed by atoms with E-state index in [4.69, 9.17) is 0 Å². The van der Waals surface area contributed by atoms with Crippen molar-refractivity contribution in [2.24, 2.45) is 0 Å². The van der Waals surface area contributed by atoms with E-state index in [0.717, 1.165) is 17.0 Å². The SMILES string of the molecule is CCN(C(=O)c1ccc(NS(=O)(=O)c2cccs2)cc1)c1ccccc1. The monoisotopic (exact) mass is 386 g/mol. The van der Waals surface area contributed by atoms with Gasteiger partial charge in [0.05, 0.1) is 0 Å². The normalized spacial score (nSPS) is 11.1. The van der Waals surface area contributed by atoms with Crippen molar-refractivity contribution in [3.8, 4) is 0 Å². The molecular weight excluding hydrogens is 368 g/mol. The van der Waals surface area contributed by atoms with Gasteiger partial charge < -0.3 is 4.90 Å². The predicted octanol–water partition coefficient (Wildman–Crippen LogP) is 4.22. The molecule has 0 saturated carbocycles. The lowest BCUT2D eigenvalue weighted by atomic mass is 10.1. The number of thiophene rings is 1. The lowest BCUT2D eigenvalue weighted by Gasteiger charge is -2.21. The summed E-state index contributed by atoms with van der Waals surface area (Å²) in [6.45, 7) is 2.45. The molecule has 1 aromatic heterocycles. The second kappa shape index (κ2) is 7.72. The van der Waals surface area contributed by atoms with Crippen LogP contribution in [0, 0.1) is 0 Å². The van der Waals surface area contributed by atoms with Crippen molar-refractivity contribution in [1.82, 2.24) is 0 Å². The van der Waals surface area contributed by atoms with Crippen molar-refractivity contribution in [1.29, 1.82) is 0 Å². The van der Waals surface area contributed by atoms with Crippen LogP contribution in [0.5, 0.6) is 0 Å². The molecule has 0 radical (unpaired) electrons. The van der Waals surface area contributed by atoms with Gasteiger partial charge >= 0.3 is 0 Å². The summed E-state index contributed by atoms with van der Waals surface area (Å²) in [5.41, 5.74) is 1.73. The Hall–Kier alpha value is -2.64. The van der Waals surface area contributed by atoms with E-state index < -0.39 is 10.0 Å². The fraction of sp³-hybridized carbons (Fsp3) is 0.105. The zero-order valence-corrected chi connectivity index (χ0v) is 15.8. The number of rotatable bonds is 6. The number of amides is 1. The van der Waals surface area contributed by atoms with Crippen LogP contribution in [0.15, 0.2) is 76.3 Å². The minimum absolute atomic E-state index is 0.133. The molecule has 0 atom stereocenters. The van der Waals surface area contributed by atoms with Crippen LogP contribution >= 0.6 is 11.3 Å². The molecule has 2 aromatic carbocycles. The second-order valence-electron chi connectivity index (χ2n) is 5.50. The van der Waals surface area contributed by atoms with Gasteiger partial charge in [0.1, 0.15) is 4.21 Å². The number of benzene rings is 2. The molecule has 1 amide bonds. The maximum absolute atomic E-state index is 12.7. The van der Waals surface area contributed by atoms with E-state index in [9.17, 15) is 13.2 Å². The van der Waals surface area contributed by atoms with Crippen molar-refractivity contribution in [2.45, 2.75) is 11.1 Å². The van der Waals surface area contributed by atoms with Crippen LogP contribution in [0.3, 0.4) is 0 Å². The number of nitrogens with zero attached hydrogens (tertiary/aromatic N) is 1. The predicted molar refractivity (Wildman–Crippen MR) is 105 cm³/mol. The Kier molecular flexibility index (Phi) is 5.39. The second-order valence-corrected chi connectivity index (χ2v) is 8.36. The van der Waals surface area contributed by atoms with Gasteiger partial charge in [0.15, 0.2) is 0 Å². The molecule has 0 aliphatic rings. The molecule has 3 aromatic rings. The fourth-order valence-electron chi connectivity index (χ4n) is 2.51. The van der Waals surface area contributed by atoms with E-state index in [1.165, 1.54) is 0 Å². The standard InChI is InChI=1S/C19H18N2O3S2/c1-2-21(17-7-4-3-5-8-17)19(22)15-10-12-16(13-11-15)20-26(23,24)18-9-6-14-25-18/h3-14,20H,2H2,1H3. The Balaban J connectivity index is 1.78. The molecule has 5 nitrogen and oxygen atoms in total. The average Bonchev–Trinajstić information content (AvgIpc) is 3.19. The van der Waals surface area contributed by atoms with Crippen LogP contribution in [0.25, 0.3) is 0 Å². The van der Waals surface area contributed by atoms with Crippen LogP contribution in [0.2, 0.25) is 0 Å². The maximum Gasteiger partial charge on any atom is 0.271 e. The first-order chi connectivity index (χ1) is 12.5. The molecule has 1 heterocycles. The molecule has 134 valence electrons. The van der Waals surface area contributed by atoms with E-state index in [-0.39, 0.29) is 10.1 Å². The summed E-state index contributed by atoms with van der Waals surface area (Å²) in [5.74, 6) is -0.133. The lowest BCUT2D eigenvalue weighted by Crippen LogP contribution is -2.30. The van der Waals surface area contributed by atoms with Crippen LogP contribution in [-0.2, 0) is 10.0 Å². The van der Waals surface area contributed by atoms with Crippen molar-refractivity contribution in [3.05, 3.63) is 77.7 Å². The van der Waals surface area contributed by atoms with Gasteiger partial charge in [0, 0.05) is 23.5 Å². The molecule has 0 spiro atoms. The Morgan fingerprint density at radius 3 is 2.27 bits per heavy atom. The summed E-state index contributed by atoms with van der Waals surface area (Å²) < 4.78 is 27.3. The number of para-hydroxylation sites is 1. The molecule has 0 unspecified atom stereocenters. The summed E-state index contributed by atoms with van der Waals surface area (Å²) in [4.78, 5) is 14.4. The van der Waals surface area contributed by atoms with Gasteiger partial charge in [-0.15, -0.1) is 11.3 Å². The fourth-order valence-corrected chi connectivity index (χ4v) is 4.56. The molecular formula is C19H18N2O3S2. The van der Waals surface area contributed by atoms with Crippen molar-refractivity contribution >= 4 is 38.6 Å². The third-order valence-corrected chi connectivity index (χ3v) is 6.55. The Morgan fingerprint density at radius 1 is 1.00 bits per heavy atom. The molecule has 0 aliphatic carbocycles. The average molecular weight is 386 g/mol. The molecule has 3 rings (SSSR count). The molecule has 0 saturated heterocycles. The Labute approximate surface area is 157 Å². The van der Waals surface area contributed by atoms with Crippen molar-refractivity contribution in [3.63, 3.8) is 0 Å². The minimum atomic E-state index is -3.59. The molecule has 0 fully saturated rings. The van der Waals surface area contributed by atoms with Crippen LogP contribution in [-0.4, -0.2) is 20.9 Å². The first-order valence-corrected chi connectivity index (χ1v) is 10.4. The molecule has 0 bridgehead atoms. The third-order valence-electron chi connectivity index (χ3n) is 3.77. The largest absolute Gasteiger partial charge is 0.309 e. The maximum atomic E-state index is 12.7. The quantitative estimate of drug-likeness (QED) is 0.690. The highest BCUT2D eigenvalue weighted by Crippen LogP contribution is 2.22. The highest BCUT2D eigenvalue weighted by Gasteiger charge is 2.18. The zero-order valence-electron chi connectivity index (χ0n) is 14.1. The van der Waals surface area contributed by atoms with Crippen molar-refractivity contribution in [2.75, 3.05) is 16.2 Å². The number of hydrogen-bond donors (Lipinski definition) is 1. The zero-order chi connectivity index (χ0) is 18.6. The van der Waals surface area contributed by atoms with Gasteiger partial charge in [-0.1, -0.05) is 24.3 Å². The number of carbonyl (C=O) groups excluding carboxylic acids is 1. The van der Waals surface area contributed by atoms with E-state index in [1.54, 1.807) is 46.7 Å². The number of anilines is 2. The summed E-state index contributed by atoms with van der Waals surface area (Å²) in [5, 5.41) is 1.71. The van der Waals surface area contributed by atoms with Gasteiger partial charge in [0.25, 0.3) is 15.9 Å². The first kappa shape index (κ1) is 18.2. The smallest absolute Gasteiger partial charge is 0.271 e. The highest BCUT2D eigenvalue weighted by molar-refractivity contribution is 7.94. The van der Waals surface area contributed by atoms with E-state index >= 15 is 0 Å². The first-order valence-electron chi connectivity index (χ1n) is 8.04. The minimum Gasteiger partial charge on any atom is -0.309 e. The number of hydrogen-bond acceptors (Lipinski definition) is 4. The number of nitrogens with one attached hydrogen (secondary N) is 1. The number of carbonyl (C=O) groups is 1. The van der Waals surface area contributed by atoms with Gasteiger partial charge in [-0.3, -0.25) is 9.52 Å². The molecule has 26 heavy (non-hydrogen) atoms. The van der Waals surface area contributed by atoms with Gasteiger partial charge in [-0.05, 0) is 54.8 Å². The summed E-state index contributed by atoms with van der Waals surface area (Å²) in [6.07, 6.45) is 0. The highest BCUT2D eigenvalue weighted by atomic mass is 32.2. The van der Waals surface area contributed by atoms with E-state index in [0.29, 0.717) is 17.8 Å². The molecule has 1 N–H and O–H groups in total. The van der Waals surface area contributed by atoms with Gasteiger partial charge in [-0.2, -0.15) is 0 Å². The van der Waals surface area contributed by atoms with Gasteiger partial charge in [0.2, 0.25) is 0 Å². The third kappa shape index (κ3) is 3.95. The summed E-state index contributed by atoms with van der Waals surface area (Å²) in [7, 11) is -3.59. The molecule has 7 heteroatoms. The van der Waals surface area contributed by atoms with Crippen LogP contribution in [0.1, 0.15) is 17.3 Å². The lowest BCUT2D eigenvalue weighted by molar-refractivity contribution is 0.0988.